The van der Waals surface area contributed by atoms with Crippen LogP contribution in [-0.2, 0) is 11.2 Å². The number of carboxylic acid groups (broad SMARTS) is 1. The van der Waals surface area contributed by atoms with E-state index < -0.39 is 11.4 Å². The van der Waals surface area contributed by atoms with E-state index >= 15 is 0 Å². The third-order valence-electron chi connectivity index (χ3n) is 3.31. The van der Waals surface area contributed by atoms with Gasteiger partial charge in [-0.2, -0.15) is 0 Å². The molecule has 0 amide bonds. The first-order valence-corrected chi connectivity index (χ1v) is 7.19. The first kappa shape index (κ1) is 14.0. The molecule has 0 radical (unpaired) electrons. The van der Waals surface area contributed by atoms with E-state index in [1.54, 1.807) is 0 Å². The minimum Gasteiger partial charge on any atom is -0.481 e. The molecular formula is C13H19N3O2S. The van der Waals surface area contributed by atoms with Crippen molar-refractivity contribution in [1.82, 2.24) is 9.38 Å². The number of aromatic nitrogens is 2. The van der Waals surface area contributed by atoms with Gasteiger partial charge in [0.05, 0.1) is 11.1 Å². The highest BCUT2D eigenvalue weighted by Gasteiger charge is 2.38. The molecule has 0 aliphatic heterocycles. The predicted octanol–water partition coefficient (Wildman–Crippen LogP) is 2.01. The van der Waals surface area contributed by atoms with E-state index in [1.807, 2.05) is 36.0 Å². The summed E-state index contributed by atoms with van der Waals surface area (Å²) in [5, 5.41) is 11.5. The zero-order valence-corrected chi connectivity index (χ0v) is 12.0. The molecule has 0 saturated carbocycles. The van der Waals surface area contributed by atoms with Gasteiger partial charge in [0.25, 0.3) is 0 Å². The minimum atomic E-state index is -0.918. The Kier molecular flexibility index (Phi) is 3.91. The minimum absolute atomic E-state index is 0.131. The fourth-order valence-corrected chi connectivity index (χ4v) is 3.19. The molecule has 2 aromatic rings. The molecule has 1 unspecified atom stereocenters. The molecule has 2 rings (SSSR count). The van der Waals surface area contributed by atoms with Gasteiger partial charge < -0.3 is 10.8 Å². The van der Waals surface area contributed by atoms with E-state index in [-0.39, 0.29) is 12.5 Å². The summed E-state index contributed by atoms with van der Waals surface area (Å²) >= 11 is 1.54. The predicted molar refractivity (Wildman–Crippen MR) is 75.4 cm³/mol. The standard InChI is InChI=1S/C13H19N3O2S/c1-9(2)5-13(8-14,11(17)18)6-10-7-16-3-4-19-12(16)15-10/h3-4,7,9H,5-6,8,14H2,1-2H3,(H,17,18). The molecule has 5 nitrogen and oxygen atoms in total. The summed E-state index contributed by atoms with van der Waals surface area (Å²) in [6, 6.07) is 0. The lowest BCUT2D eigenvalue weighted by Crippen LogP contribution is -2.41. The van der Waals surface area contributed by atoms with Gasteiger partial charge in [-0.3, -0.25) is 9.20 Å². The molecule has 2 heterocycles. The molecule has 0 aliphatic rings. The summed E-state index contributed by atoms with van der Waals surface area (Å²) in [5.74, 6) is -0.552. The first-order valence-electron chi connectivity index (χ1n) is 6.31. The fourth-order valence-electron chi connectivity index (χ4n) is 2.47. The number of nitrogens with zero attached hydrogens (tertiary/aromatic N) is 2. The Balaban J connectivity index is 2.28. The van der Waals surface area contributed by atoms with Gasteiger partial charge in [0, 0.05) is 30.7 Å². The summed E-state index contributed by atoms with van der Waals surface area (Å²) in [6.07, 6.45) is 4.75. The van der Waals surface area contributed by atoms with E-state index in [4.69, 9.17) is 5.73 Å². The summed E-state index contributed by atoms with van der Waals surface area (Å²) < 4.78 is 1.92. The summed E-state index contributed by atoms with van der Waals surface area (Å²) in [7, 11) is 0. The van der Waals surface area contributed by atoms with Crippen molar-refractivity contribution in [3.63, 3.8) is 0 Å². The van der Waals surface area contributed by atoms with Gasteiger partial charge in [-0.1, -0.05) is 13.8 Å². The normalized spacial score (nSPS) is 14.9. The number of hydrogen-bond acceptors (Lipinski definition) is 4. The number of carbonyl (C=O) groups is 1. The van der Waals surface area contributed by atoms with E-state index in [0.29, 0.717) is 12.8 Å². The highest BCUT2D eigenvalue weighted by molar-refractivity contribution is 7.15. The fraction of sp³-hybridized carbons (Fsp3) is 0.538. The maximum absolute atomic E-state index is 11.6. The van der Waals surface area contributed by atoms with Crippen LogP contribution >= 0.6 is 11.3 Å². The van der Waals surface area contributed by atoms with E-state index in [2.05, 4.69) is 4.98 Å². The number of aliphatic carboxylic acids is 1. The van der Waals surface area contributed by atoms with Gasteiger partial charge in [-0.15, -0.1) is 11.3 Å². The molecular weight excluding hydrogens is 262 g/mol. The molecule has 19 heavy (non-hydrogen) atoms. The van der Waals surface area contributed by atoms with Gasteiger partial charge in [0.1, 0.15) is 0 Å². The van der Waals surface area contributed by atoms with Gasteiger partial charge in [0.15, 0.2) is 4.96 Å². The number of fused-ring (bicyclic) bond motifs is 1. The average molecular weight is 281 g/mol. The molecule has 3 N–H and O–H groups in total. The van der Waals surface area contributed by atoms with Crippen molar-refractivity contribution in [3.8, 4) is 0 Å². The van der Waals surface area contributed by atoms with Gasteiger partial charge in [-0.25, -0.2) is 4.98 Å². The number of carboxylic acids is 1. The maximum atomic E-state index is 11.6. The number of rotatable bonds is 6. The van der Waals surface area contributed by atoms with Crippen molar-refractivity contribution >= 4 is 22.3 Å². The quantitative estimate of drug-likeness (QED) is 0.848. The highest BCUT2D eigenvalue weighted by Crippen LogP contribution is 2.30. The Morgan fingerprint density at radius 1 is 1.63 bits per heavy atom. The van der Waals surface area contributed by atoms with Crippen LogP contribution in [0.5, 0.6) is 0 Å². The van der Waals surface area contributed by atoms with Gasteiger partial charge in [-0.05, 0) is 12.3 Å². The van der Waals surface area contributed by atoms with Crippen LogP contribution < -0.4 is 5.73 Å². The maximum Gasteiger partial charge on any atom is 0.311 e. The summed E-state index contributed by atoms with van der Waals surface area (Å²) in [5.41, 5.74) is 5.64. The number of hydrogen-bond donors (Lipinski definition) is 2. The zero-order valence-electron chi connectivity index (χ0n) is 11.2. The molecule has 0 saturated heterocycles. The van der Waals surface area contributed by atoms with Crippen LogP contribution in [0.25, 0.3) is 4.96 Å². The second-order valence-electron chi connectivity index (χ2n) is 5.39. The van der Waals surface area contributed by atoms with E-state index in [0.717, 1.165) is 10.7 Å². The Bertz CT molecular complexity index is 547. The van der Waals surface area contributed by atoms with Gasteiger partial charge >= 0.3 is 5.97 Å². The molecule has 104 valence electrons. The molecule has 0 spiro atoms. The lowest BCUT2D eigenvalue weighted by Gasteiger charge is -2.28. The summed E-state index contributed by atoms with van der Waals surface area (Å²) in [6.45, 7) is 4.16. The van der Waals surface area contributed by atoms with Gasteiger partial charge in [0.2, 0.25) is 0 Å². The van der Waals surface area contributed by atoms with Crippen LogP contribution in [0.2, 0.25) is 0 Å². The van der Waals surface area contributed by atoms with Crippen molar-refractivity contribution in [1.29, 1.82) is 0 Å². The van der Waals surface area contributed by atoms with E-state index in [9.17, 15) is 9.90 Å². The topological polar surface area (TPSA) is 80.6 Å². The van der Waals surface area contributed by atoms with Crippen LogP contribution in [0, 0.1) is 11.3 Å². The number of nitrogens with two attached hydrogens (primary N) is 1. The second-order valence-corrected chi connectivity index (χ2v) is 6.26. The first-order chi connectivity index (χ1) is 8.97. The molecule has 0 bridgehead atoms. The smallest absolute Gasteiger partial charge is 0.311 e. The van der Waals surface area contributed by atoms with Crippen molar-refractivity contribution < 1.29 is 9.90 Å². The highest BCUT2D eigenvalue weighted by atomic mass is 32.1. The Morgan fingerprint density at radius 3 is 2.89 bits per heavy atom. The second kappa shape index (κ2) is 5.30. The van der Waals surface area contributed by atoms with Crippen molar-refractivity contribution in [2.75, 3.05) is 6.54 Å². The SMILES string of the molecule is CC(C)CC(CN)(Cc1cn2ccsc2n1)C(=O)O. The number of thiazole rings is 1. The third kappa shape index (κ3) is 2.79. The Hall–Kier alpha value is -1.40. The van der Waals surface area contributed by atoms with Crippen molar-refractivity contribution in [2.45, 2.75) is 26.7 Å². The van der Waals surface area contributed by atoms with Crippen molar-refractivity contribution in [3.05, 3.63) is 23.5 Å². The van der Waals surface area contributed by atoms with Crippen LogP contribution in [-0.4, -0.2) is 27.0 Å². The molecule has 6 heteroatoms. The Morgan fingerprint density at radius 2 is 2.37 bits per heavy atom. The monoisotopic (exact) mass is 281 g/mol. The molecule has 0 fully saturated rings. The van der Waals surface area contributed by atoms with E-state index in [1.165, 1.54) is 11.3 Å². The molecule has 0 aromatic carbocycles. The Labute approximate surface area is 116 Å². The van der Waals surface area contributed by atoms with Crippen LogP contribution in [0.15, 0.2) is 17.8 Å². The lowest BCUT2D eigenvalue weighted by atomic mass is 9.76. The van der Waals surface area contributed by atoms with Crippen LogP contribution in [0.4, 0.5) is 0 Å². The average Bonchev–Trinajstić information content (AvgIpc) is 2.87. The zero-order chi connectivity index (χ0) is 14.0. The van der Waals surface area contributed by atoms with Crippen LogP contribution in [0.1, 0.15) is 26.0 Å². The summed E-state index contributed by atoms with van der Waals surface area (Å²) in [4.78, 5) is 17.0. The number of imidazole rings is 1. The van der Waals surface area contributed by atoms with Crippen molar-refractivity contribution in [2.24, 2.45) is 17.1 Å². The van der Waals surface area contributed by atoms with Crippen LogP contribution in [0.3, 0.4) is 0 Å². The third-order valence-corrected chi connectivity index (χ3v) is 4.08. The lowest BCUT2D eigenvalue weighted by molar-refractivity contribution is -0.149. The molecule has 2 aromatic heterocycles. The molecule has 0 aliphatic carbocycles. The largest absolute Gasteiger partial charge is 0.481 e. The molecule has 1 atom stereocenters.